The van der Waals surface area contributed by atoms with Gasteiger partial charge in [-0.1, -0.05) is 41.9 Å². The minimum absolute atomic E-state index is 0.171. The number of carboxylic acids is 1. The van der Waals surface area contributed by atoms with Crippen LogP contribution in [0.5, 0.6) is 5.75 Å². The highest BCUT2D eigenvalue weighted by atomic mass is 35.5. The van der Waals surface area contributed by atoms with E-state index >= 15 is 0 Å². The van der Waals surface area contributed by atoms with Gasteiger partial charge in [0, 0.05) is 28.3 Å². The molecule has 0 spiro atoms. The van der Waals surface area contributed by atoms with Gasteiger partial charge in [-0.25, -0.2) is 9.59 Å². The highest BCUT2D eigenvalue weighted by molar-refractivity contribution is 6.32. The molecule has 2 aliphatic rings. The number of nitrogens with one attached hydrogen (secondary N) is 1. The number of rotatable bonds is 5. The van der Waals surface area contributed by atoms with Crippen LogP contribution in [0.2, 0.25) is 5.02 Å². The number of dihydropyridines is 1. The second-order valence-corrected chi connectivity index (χ2v) is 7.53. The number of ketones is 1. The zero-order valence-electron chi connectivity index (χ0n) is 16.7. The van der Waals surface area contributed by atoms with Crippen molar-refractivity contribution >= 4 is 35.0 Å². The zero-order chi connectivity index (χ0) is 22.3. The van der Waals surface area contributed by atoms with Gasteiger partial charge in [0.2, 0.25) is 0 Å². The topological polar surface area (TPSA) is 102 Å². The predicted octanol–water partition coefficient (Wildman–Crippen LogP) is 3.54. The molecule has 0 bridgehead atoms. The molecule has 2 aromatic rings. The van der Waals surface area contributed by atoms with Crippen LogP contribution in [0.25, 0.3) is 5.70 Å². The van der Waals surface area contributed by atoms with E-state index in [4.69, 9.17) is 26.2 Å². The lowest BCUT2D eigenvalue weighted by Gasteiger charge is -2.29. The Morgan fingerprint density at radius 2 is 1.87 bits per heavy atom. The number of hydrogen-bond donors (Lipinski definition) is 2. The molecule has 2 N–H and O–H groups in total. The molecule has 4 rings (SSSR count). The molecule has 7 nitrogen and oxygen atoms in total. The molecule has 0 radical (unpaired) electrons. The quantitative estimate of drug-likeness (QED) is 0.687. The van der Waals surface area contributed by atoms with Gasteiger partial charge in [-0.2, -0.15) is 0 Å². The first-order valence-electron chi connectivity index (χ1n) is 9.42. The fourth-order valence-corrected chi connectivity index (χ4v) is 4.24. The van der Waals surface area contributed by atoms with E-state index in [-0.39, 0.29) is 16.6 Å². The number of benzene rings is 2. The molecule has 31 heavy (non-hydrogen) atoms. The third kappa shape index (κ3) is 3.47. The smallest absolute Gasteiger partial charge is 0.341 e. The number of allylic oxidation sites excluding steroid dienone is 2. The van der Waals surface area contributed by atoms with E-state index in [0.29, 0.717) is 33.7 Å². The van der Waals surface area contributed by atoms with Crippen LogP contribution in [-0.2, 0) is 14.3 Å². The SMILES string of the molecule is COC(=O)C1=C(C)NC2=C(C(=O)c3ccccc32)C1c1ccc(OCC(=O)O)c(Cl)c1. The average Bonchev–Trinajstić information content (AvgIpc) is 3.03. The number of aliphatic carboxylic acids is 1. The first-order valence-corrected chi connectivity index (χ1v) is 9.79. The normalized spacial score (nSPS) is 17.1. The Bertz CT molecular complexity index is 1200. The Morgan fingerprint density at radius 1 is 1.16 bits per heavy atom. The minimum Gasteiger partial charge on any atom is -0.480 e. The van der Waals surface area contributed by atoms with E-state index in [1.165, 1.54) is 13.2 Å². The Balaban J connectivity index is 1.85. The molecule has 1 unspecified atom stereocenters. The molecular weight excluding hydrogens is 422 g/mol. The Hall–Kier alpha value is -3.58. The van der Waals surface area contributed by atoms with Gasteiger partial charge >= 0.3 is 11.9 Å². The molecule has 0 amide bonds. The van der Waals surface area contributed by atoms with Crippen molar-refractivity contribution in [1.82, 2.24) is 5.32 Å². The lowest BCUT2D eigenvalue weighted by atomic mass is 9.80. The van der Waals surface area contributed by atoms with Crippen LogP contribution < -0.4 is 10.1 Å². The standard InChI is InChI=1S/C23H18ClNO6/c1-11-18(23(29)30-2)19(12-7-8-16(15(24)9-12)31-10-17(26)27)20-21(25-11)13-5-3-4-6-14(13)22(20)28/h3-9,19,25H,10H2,1-2H3,(H,26,27). The second kappa shape index (κ2) is 7.92. The Kier molecular flexibility index (Phi) is 5.29. The molecule has 0 fully saturated rings. The summed E-state index contributed by atoms with van der Waals surface area (Å²) in [4.78, 5) is 36.8. The van der Waals surface area contributed by atoms with Gasteiger partial charge in [0.05, 0.1) is 23.4 Å². The second-order valence-electron chi connectivity index (χ2n) is 7.12. The highest BCUT2D eigenvalue weighted by Gasteiger charge is 2.42. The molecule has 1 aliphatic carbocycles. The molecular formula is C23H18ClNO6. The summed E-state index contributed by atoms with van der Waals surface area (Å²) in [5.41, 5.74) is 3.86. The van der Waals surface area contributed by atoms with Gasteiger partial charge in [0.15, 0.2) is 12.4 Å². The summed E-state index contributed by atoms with van der Waals surface area (Å²) in [5, 5.41) is 12.2. The van der Waals surface area contributed by atoms with Crippen molar-refractivity contribution in [2.24, 2.45) is 0 Å². The van der Waals surface area contributed by atoms with Gasteiger partial charge in [0.1, 0.15) is 5.75 Å². The number of halogens is 1. The predicted molar refractivity (Wildman–Crippen MR) is 113 cm³/mol. The number of hydrogen-bond acceptors (Lipinski definition) is 6. The maximum atomic E-state index is 13.3. The monoisotopic (exact) mass is 439 g/mol. The molecule has 1 atom stereocenters. The highest BCUT2D eigenvalue weighted by Crippen LogP contribution is 2.47. The Labute approximate surface area is 182 Å². The molecule has 2 aromatic carbocycles. The van der Waals surface area contributed by atoms with E-state index in [9.17, 15) is 14.4 Å². The van der Waals surface area contributed by atoms with Crippen molar-refractivity contribution in [3.05, 3.63) is 81.0 Å². The van der Waals surface area contributed by atoms with Gasteiger partial charge in [-0.3, -0.25) is 4.79 Å². The number of fused-ring (bicyclic) bond motifs is 2. The summed E-state index contributed by atoms with van der Waals surface area (Å²) < 4.78 is 10.2. The third-order valence-corrected chi connectivity index (χ3v) is 5.59. The zero-order valence-corrected chi connectivity index (χ0v) is 17.4. The van der Waals surface area contributed by atoms with E-state index in [2.05, 4.69) is 5.32 Å². The van der Waals surface area contributed by atoms with Crippen molar-refractivity contribution in [2.45, 2.75) is 12.8 Å². The van der Waals surface area contributed by atoms with Gasteiger partial charge in [0.25, 0.3) is 0 Å². The third-order valence-electron chi connectivity index (χ3n) is 5.29. The summed E-state index contributed by atoms with van der Waals surface area (Å²) in [6.07, 6.45) is 0. The maximum Gasteiger partial charge on any atom is 0.341 e. The van der Waals surface area contributed by atoms with Crippen LogP contribution in [0.3, 0.4) is 0 Å². The number of carboxylic acid groups (broad SMARTS) is 1. The largest absolute Gasteiger partial charge is 0.480 e. The van der Waals surface area contributed by atoms with Gasteiger partial charge < -0.3 is 19.9 Å². The van der Waals surface area contributed by atoms with Crippen LogP contribution in [-0.4, -0.2) is 36.5 Å². The minimum atomic E-state index is -1.13. The van der Waals surface area contributed by atoms with Crippen LogP contribution in [0.4, 0.5) is 0 Å². The average molecular weight is 440 g/mol. The first kappa shape index (κ1) is 20.7. The van der Waals surface area contributed by atoms with Crippen LogP contribution in [0.15, 0.2) is 59.3 Å². The van der Waals surface area contributed by atoms with Crippen LogP contribution >= 0.6 is 11.6 Å². The number of Topliss-reactive ketones (excluding diaryl/α,β-unsaturated/α-hetero) is 1. The fourth-order valence-electron chi connectivity index (χ4n) is 4.00. The molecule has 0 saturated heterocycles. The van der Waals surface area contributed by atoms with Crippen molar-refractivity contribution in [2.75, 3.05) is 13.7 Å². The van der Waals surface area contributed by atoms with E-state index in [1.54, 1.807) is 31.2 Å². The van der Waals surface area contributed by atoms with Gasteiger partial charge in [-0.05, 0) is 24.6 Å². The molecule has 0 saturated carbocycles. The lowest BCUT2D eigenvalue weighted by Crippen LogP contribution is -2.29. The van der Waals surface area contributed by atoms with Crippen molar-refractivity contribution in [3.63, 3.8) is 0 Å². The molecule has 1 aliphatic heterocycles. The summed E-state index contributed by atoms with van der Waals surface area (Å²) >= 11 is 6.33. The number of methoxy groups -OCH3 is 1. The number of ether oxygens (including phenoxy) is 2. The molecule has 0 aromatic heterocycles. The summed E-state index contributed by atoms with van der Waals surface area (Å²) in [6.45, 7) is 1.21. The van der Waals surface area contributed by atoms with Gasteiger partial charge in [-0.15, -0.1) is 0 Å². The van der Waals surface area contributed by atoms with Crippen molar-refractivity contribution < 1.29 is 29.0 Å². The molecule has 8 heteroatoms. The van der Waals surface area contributed by atoms with E-state index in [1.807, 2.05) is 12.1 Å². The van der Waals surface area contributed by atoms with Crippen molar-refractivity contribution in [3.8, 4) is 5.75 Å². The number of carbonyl (C=O) groups is 3. The molecule has 1 heterocycles. The van der Waals surface area contributed by atoms with Crippen LogP contribution in [0, 0.1) is 0 Å². The lowest BCUT2D eigenvalue weighted by molar-refractivity contribution is -0.139. The fraction of sp³-hybridized carbons (Fsp3) is 0.174. The summed E-state index contributed by atoms with van der Waals surface area (Å²) in [6, 6.07) is 12.0. The van der Waals surface area contributed by atoms with Crippen molar-refractivity contribution in [1.29, 1.82) is 0 Å². The maximum absolute atomic E-state index is 13.3. The number of carbonyl (C=O) groups excluding carboxylic acids is 2. The Morgan fingerprint density at radius 3 is 2.52 bits per heavy atom. The molecule has 158 valence electrons. The summed E-state index contributed by atoms with van der Waals surface area (Å²) in [7, 11) is 1.28. The van der Waals surface area contributed by atoms with Crippen LogP contribution in [0.1, 0.15) is 34.3 Å². The first-order chi connectivity index (χ1) is 14.8. The summed E-state index contributed by atoms with van der Waals surface area (Å²) in [5.74, 6) is -2.40. The van der Waals surface area contributed by atoms with E-state index in [0.717, 1.165) is 5.56 Å². The van der Waals surface area contributed by atoms with E-state index < -0.39 is 24.5 Å². The number of esters is 1.